The fourth-order valence-electron chi connectivity index (χ4n) is 1.34. The van der Waals surface area contributed by atoms with Gasteiger partial charge >= 0.3 is 0 Å². The molecule has 1 N–H and O–H groups in total. The summed E-state index contributed by atoms with van der Waals surface area (Å²) in [5.74, 6) is 0.749. The van der Waals surface area contributed by atoms with E-state index in [4.69, 9.17) is 16.3 Å². The summed E-state index contributed by atoms with van der Waals surface area (Å²) in [5, 5.41) is 4.07. The molecule has 1 aromatic rings. The molecule has 1 rings (SSSR count). The van der Waals surface area contributed by atoms with E-state index < -0.39 is 0 Å². The minimum absolute atomic E-state index is 0.575. The van der Waals surface area contributed by atoms with Crippen molar-refractivity contribution >= 4 is 27.5 Å². The minimum atomic E-state index is 0.575. The van der Waals surface area contributed by atoms with Gasteiger partial charge in [0.25, 0.3) is 0 Å². The number of rotatable bonds is 7. The maximum atomic E-state index is 6.04. The molecule has 1 unspecified atom stereocenters. The molecule has 96 valence electrons. The van der Waals surface area contributed by atoms with Crippen LogP contribution in [0.3, 0.4) is 0 Å². The molecule has 0 radical (unpaired) electrons. The molecule has 0 aromatic heterocycles. The zero-order valence-electron chi connectivity index (χ0n) is 10.3. The molecule has 1 aromatic carbocycles. The average molecular weight is 321 g/mol. The number of hydrogen-bond donors (Lipinski definition) is 1. The molecule has 0 bridgehead atoms. The Kier molecular flexibility index (Phi) is 6.93. The van der Waals surface area contributed by atoms with Gasteiger partial charge in [-0.1, -0.05) is 34.5 Å². The third-order valence-electron chi connectivity index (χ3n) is 2.58. The van der Waals surface area contributed by atoms with Gasteiger partial charge in [0.05, 0.1) is 11.6 Å². The lowest BCUT2D eigenvalue weighted by atomic mass is 10.2. The van der Waals surface area contributed by atoms with Gasteiger partial charge in [-0.2, -0.15) is 0 Å². The highest BCUT2D eigenvalue weighted by Gasteiger charge is 2.02. The molecule has 0 amide bonds. The SMILES string of the molecule is CCC(C)NCCCOc1ccc(Br)cc1Cl. The lowest BCUT2D eigenvalue weighted by molar-refractivity contribution is 0.305. The molecule has 4 heteroatoms. The number of ether oxygens (including phenoxy) is 1. The van der Waals surface area contributed by atoms with Gasteiger partial charge in [0.15, 0.2) is 0 Å². The zero-order valence-corrected chi connectivity index (χ0v) is 12.6. The Labute approximate surface area is 117 Å². The van der Waals surface area contributed by atoms with E-state index in [1.807, 2.05) is 18.2 Å². The maximum Gasteiger partial charge on any atom is 0.137 e. The first-order valence-corrected chi connectivity index (χ1v) is 7.11. The van der Waals surface area contributed by atoms with E-state index >= 15 is 0 Å². The summed E-state index contributed by atoms with van der Waals surface area (Å²) in [5.41, 5.74) is 0. The second kappa shape index (κ2) is 7.96. The second-order valence-electron chi connectivity index (χ2n) is 4.04. The van der Waals surface area contributed by atoms with Crippen molar-refractivity contribution in [1.82, 2.24) is 5.32 Å². The van der Waals surface area contributed by atoms with Crippen molar-refractivity contribution in [3.8, 4) is 5.75 Å². The molecule has 1 atom stereocenters. The van der Waals surface area contributed by atoms with Crippen LogP contribution < -0.4 is 10.1 Å². The van der Waals surface area contributed by atoms with Gasteiger partial charge in [-0.05, 0) is 44.5 Å². The van der Waals surface area contributed by atoms with Crippen LogP contribution in [-0.4, -0.2) is 19.2 Å². The molecule has 0 fully saturated rings. The predicted octanol–water partition coefficient (Wildman–Crippen LogP) is 4.26. The Balaban J connectivity index is 2.22. The van der Waals surface area contributed by atoms with Crippen LogP contribution in [0.5, 0.6) is 5.75 Å². The summed E-state index contributed by atoms with van der Waals surface area (Å²) >= 11 is 9.41. The zero-order chi connectivity index (χ0) is 12.7. The lowest BCUT2D eigenvalue weighted by Crippen LogP contribution is -2.27. The molecule has 0 aliphatic rings. The number of benzene rings is 1. The number of hydrogen-bond acceptors (Lipinski definition) is 2. The van der Waals surface area contributed by atoms with Crippen LogP contribution in [0.4, 0.5) is 0 Å². The van der Waals surface area contributed by atoms with Crippen molar-refractivity contribution in [2.45, 2.75) is 32.7 Å². The van der Waals surface area contributed by atoms with Crippen LogP contribution in [0.1, 0.15) is 26.7 Å². The quantitative estimate of drug-likeness (QED) is 0.758. The van der Waals surface area contributed by atoms with E-state index in [9.17, 15) is 0 Å². The first kappa shape index (κ1) is 14.8. The normalized spacial score (nSPS) is 12.5. The Hall–Kier alpha value is -0.250. The van der Waals surface area contributed by atoms with Gasteiger partial charge in [0.2, 0.25) is 0 Å². The second-order valence-corrected chi connectivity index (χ2v) is 5.36. The van der Waals surface area contributed by atoms with Crippen LogP contribution in [0.15, 0.2) is 22.7 Å². The Morgan fingerprint density at radius 2 is 2.24 bits per heavy atom. The first-order chi connectivity index (χ1) is 8.13. The standard InChI is InChI=1S/C13H19BrClNO/c1-3-10(2)16-7-4-8-17-13-6-5-11(14)9-12(13)15/h5-6,9-10,16H,3-4,7-8H2,1-2H3. The molecule has 0 heterocycles. The molecule has 17 heavy (non-hydrogen) atoms. The Bertz CT molecular complexity index is 346. The van der Waals surface area contributed by atoms with Gasteiger partial charge in [0, 0.05) is 10.5 Å². The largest absolute Gasteiger partial charge is 0.492 e. The van der Waals surface area contributed by atoms with E-state index in [0.29, 0.717) is 17.7 Å². The first-order valence-electron chi connectivity index (χ1n) is 5.94. The third-order valence-corrected chi connectivity index (χ3v) is 3.37. The van der Waals surface area contributed by atoms with Crippen LogP contribution in [0.25, 0.3) is 0 Å². The highest BCUT2D eigenvalue weighted by Crippen LogP contribution is 2.27. The average Bonchev–Trinajstić information content (AvgIpc) is 2.30. The Morgan fingerprint density at radius 1 is 1.47 bits per heavy atom. The van der Waals surface area contributed by atoms with Crippen molar-refractivity contribution in [1.29, 1.82) is 0 Å². The van der Waals surface area contributed by atoms with E-state index in [1.165, 1.54) is 0 Å². The van der Waals surface area contributed by atoms with Crippen LogP contribution in [0, 0.1) is 0 Å². The van der Waals surface area contributed by atoms with Gasteiger partial charge in [-0.25, -0.2) is 0 Å². The van der Waals surface area contributed by atoms with Gasteiger partial charge in [0.1, 0.15) is 5.75 Å². The molecule has 0 aliphatic heterocycles. The van der Waals surface area contributed by atoms with Crippen molar-refractivity contribution in [2.75, 3.05) is 13.2 Å². The van der Waals surface area contributed by atoms with Crippen LogP contribution in [0.2, 0.25) is 5.02 Å². The maximum absolute atomic E-state index is 6.04. The molecular formula is C13H19BrClNO. The highest BCUT2D eigenvalue weighted by molar-refractivity contribution is 9.10. The summed E-state index contributed by atoms with van der Waals surface area (Å²) in [6.07, 6.45) is 2.14. The van der Waals surface area contributed by atoms with Crippen molar-refractivity contribution in [2.24, 2.45) is 0 Å². The van der Waals surface area contributed by atoms with Crippen molar-refractivity contribution in [3.63, 3.8) is 0 Å². The summed E-state index contributed by atoms with van der Waals surface area (Å²) in [7, 11) is 0. The number of halogens is 2. The van der Waals surface area contributed by atoms with E-state index in [0.717, 1.165) is 29.6 Å². The Morgan fingerprint density at radius 3 is 2.88 bits per heavy atom. The molecule has 0 aliphatic carbocycles. The van der Waals surface area contributed by atoms with Gasteiger partial charge < -0.3 is 10.1 Å². The van der Waals surface area contributed by atoms with Crippen LogP contribution in [-0.2, 0) is 0 Å². The van der Waals surface area contributed by atoms with Gasteiger partial charge in [-0.3, -0.25) is 0 Å². The van der Waals surface area contributed by atoms with E-state index in [-0.39, 0.29) is 0 Å². The molecule has 2 nitrogen and oxygen atoms in total. The molecule has 0 spiro atoms. The summed E-state index contributed by atoms with van der Waals surface area (Å²) in [6, 6.07) is 6.23. The summed E-state index contributed by atoms with van der Waals surface area (Å²) in [4.78, 5) is 0. The predicted molar refractivity (Wildman–Crippen MR) is 77.0 cm³/mol. The van der Waals surface area contributed by atoms with Gasteiger partial charge in [-0.15, -0.1) is 0 Å². The fraction of sp³-hybridized carbons (Fsp3) is 0.538. The lowest BCUT2D eigenvalue weighted by Gasteiger charge is -2.12. The van der Waals surface area contributed by atoms with E-state index in [2.05, 4.69) is 35.1 Å². The molecule has 0 saturated heterocycles. The highest BCUT2D eigenvalue weighted by atomic mass is 79.9. The topological polar surface area (TPSA) is 21.3 Å². The van der Waals surface area contributed by atoms with E-state index in [1.54, 1.807) is 0 Å². The van der Waals surface area contributed by atoms with Crippen LogP contribution >= 0.6 is 27.5 Å². The fourth-order valence-corrected chi connectivity index (χ4v) is 2.07. The minimum Gasteiger partial charge on any atom is -0.492 e. The third kappa shape index (κ3) is 5.75. The monoisotopic (exact) mass is 319 g/mol. The molecule has 0 saturated carbocycles. The molecular weight excluding hydrogens is 302 g/mol. The van der Waals surface area contributed by atoms with Crippen molar-refractivity contribution in [3.05, 3.63) is 27.7 Å². The summed E-state index contributed by atoms with van der Waals surface area (Å²) in [6.45, 7) is 6.02. The summed E-state index contributed by atoms with van der Waals surface area (Å²) < 4.78 is 6.58. The van der Waals surface area contributed by atoms with Crippen molar-refractivity contribution < 1.29 is 4.74 Å². The smallest absolute Gasteiger partial charge is 0.137 e. The number of nitrogens with one attached hydrogen (secondary N) is 1.